The predicted octanol–water partition coefficient (Wildman–Crippen LogP) is 3.74. The second kappa shape index (κ2) is 10.8. The number of amides is 1. The number of nitrogens with two attached hydrogens (primary N) is 1. The van der Waals surface area contributed by atoms with Crippen LogP contribution in [0.2, 0.25) is 0 Å². The summed E-state index contributed by atoms with van der Waals surface area (Å²) in [7, 11) is 1.84. The number of carboxylic acid groups (broad SMARTS) is 1. The van der Waals surface area contributed by atoms with Crippen LogP contribution in [0.25, 0.3) is 0 Å². The van der Waals surface area contributed by atoms with Crippen molar-refractivity contribution in [3.05, 3.63) is 88.2 Å². The van der Waals surface area contributed by atoms with Crippen LogP contribution in [0.1, 0.15) is 57.4 Å². The molecule has 1 amide bonds. The van der Waals surface area contributed by atoms with Gasteiger partial charge in [-0.2, -0.15) is 0 Å². The lowest BCUT2D eigenvalue weighted by atomic mass is 9.83. The van der Waals surface area contributed by atoms with Crippen LogP contribution in [-0.4, -0.2) is 47.0 Å². The number of hydrogen-bond acceptors (Lipinski definition) is 6. The highest BCUT2D eigenvalue weighted by molar-refractivity contribution is 5.94. The molecule has 4 N–H and O–H groups in total. The molecule has 2 heterocycles. The highest BCUT2D eigenvalue weighted by Crippen LogP contribution is 2.37. The van der Waals surface area contributed by atoms with E-state index in [0.717, 1.165) is 40.9 Å². The van der Waals surface area contributed by atoms with Crippen LogP contribution in [0, 0.1) is 6.92 Å². The Kier molecular flexibility index (Phi) is 7.55. The normalized spacial score (nSPS) is 13.7. The summed E-state index contributed by atoms with van der Waals surface area (Å²) in [4.78, 5) is 30.8. The van der Waals surface area contributed by atoms with Crippen LogP contribution in [0.15, 0.2) is 54.9 Å². The Morgan fingerprint density at radius 3 is 2.69 bits per heavy atom. The summed E-state index contributed by atoms with van der Waals surface area (Å²) in [5, 5.41) is 11.7. The molecule has 0 radical (unpaired) electrons. The lowest BCUT2D eigenvalue weighted by molar-refractivity contribution is -0.137. The SMILES string of the molecule is CCN(NC)c1ccc(C(CC(=O)O)c2ccc3c(c2)CN(C(=O)c2cccnc2)CC3)c(C)c1N. The summed E-state index contributed by atoms with van der Waals surface area (Å²) in [5.41, 5.74) is 16.6. The standard InChI is InChI=1S/C28H33N5O3/c1-4-33(30-3)25-10-9-23(18(2)27(25)29)24(15-26(34)35)20-8-7-19-11-13-32(17-22(19)14-20)28(36)21-6-5-12-31-16-21/h5-10,12,14,16,24,30H,4,11,13,15,17,29H2,1-3H3,(H,34,35). The lowest BCUT2D eigenvalue weighted by Gasteiger charge is -2.30. The number of carbonyl (C=O) groups excluding carboxylic acids is 1. The van der Waals surface area contributed by atoms with Gasteiger partial charge in [-0.25, -0.2) is 5.43 Å². The van der Waals surface area contributed by atoms with Gasteiger partial charge in [0.2, 0.25) is 0 Å². The summed E-state index contributed by atoms with van der Waals surface area (Å²) >= 11 is 0. The van der Waals surface area contributed by atoms with Gasteiger partial charge < -0.3 is 20.7 Å². The average molecular weight is 488 g/mol. The third-order valence-electron chi connectivity index (χ3n) is 7.01. The zero-order chi connectivity index (χ0) is 25.8. The van der Waals surface area contributed by atoms with Crippen molar-refractivity contribution in [2.45, 2.75) is 39.2 Å². The number of carboxylic acids is 1. The molecule has 0 saturated carbocycles. The summed E-state index contributed by atoms with van der Waals surface area (Å²) in [6.07, 6.45) is 3.93. The van der Waals surface area contributed by atoms with Gasteiger partial charge >= 0.3 is 5.97 Å². The molecule has 1 aromatic heterocycles. The number of hydrogen-bond donors (Lipinski definition) is 3. The van der Waals surface area contributed by atoms with Crippen molar-refractivity contribution in [2.75, 3.05) is 30.9 Å². The maximum Gasteiger partial charge on any atom is 0.304 e. The molecule has 0 spiro atoms. The first-order chi connectivity index (χ1) is 17.3. The fourth-order valence-electron chi connectivity index (χ4n) is 5.01. The second-order valence-corrected chi connectivity index (χ2v) is 9.08. The Balaban J connectivity index is 1.68. The zero-order valence-electron chi connectivity index (χ0n) is 21.0. The number of hydrazine groups is 1. The largest absolute Gasteiger partial charge is 0.481 e. The van der Waals surface area contributed by atoms with E-state index in [-0.39, 0.29) is 18.2 Å². The molecular formula is C28H33N5O3. The number of aliphatic carboxylic acids is 1. The van der Waals surface area contributed by atoms with E-state index in [4.69, 9.17) is 5.73 Å². The molecule has 4 rings (SSSR count). The van der Waals surface area contributed by atoms with Gasteiger partial charge in [0.25, 0.3) is 5.91 Å². The molecule has 1 unspecified atom stereocenters. The minimum absolute atomic E-state index is 0.0505. The Morgan fingerprint density at radius 1 is 1.22 bits per heavy atom. The van der Waals surface area contributed by atoms with Crippen LogP contribution in [0.5, 0.6) is 0 Å². The van der Waals surface area contributed by atoms with E-state index < -0.39 is 5.97 Å². The maximum absolute atomic E-state index is 13.0. The number of nitrogen functional groups attached to an aromatic ring is 1. The van der Waals surface area contributed by atoms with Gasteiger partial charge in [-0.15, -0.1) is 0 Å². The summed E-state index contributed by atoms with van der Waals surface area (Å²) in [6.45, 7) is 5.82. The van der Waals surface area contributed by atoms with Crippen molar-refractivity contribution in [1.29, 1.82) is 0 Å². The van der Waals surface area contributed by atoms with Crippen LogP contribution in [0.4, 0.5) is 11.4 Å². The molecule has 0 fully saturated rings. The number of carbonyl (C=O) groups is 2. The molecule has 1 aliphatic heterocycles. The van der Waals surface area contributed by atoms with Crippen LogP contribution in [-0.2, 0) is 17.8 Å². The molecular weight excluding hydrogens is 454 g/mol. The van der Waals surface area contributed by atoms with Gasteiger partial charge in [0.1, 0.15) is 0 Å². The van der Waals surface area contributed by atoms with Crippen molar-refractivity contribution in [1.82, 2.24) is 15.3 Å². The third-order valence-corrected chi connectivity index (χ3v) is 7.01. The number of anilines is 2. The summed E-state index contributed by atoms with van der Waals surface area (Å²) in [6, 6.07) is 13.6. The zero-order valence-corrected chi connectivity index (χ0v) is 21.0. The molecule has 188 valence electrons. The quantitative estimate of drug-likeness (QED) is 0.328. The fourth-order valence-corrected chi connectivity index (χ4v) is 5.01. The highest BCUT2D eigenvalue weighted by Gasteiger charge is 2.26. The number of pyridine rings is 1. The molecule has 8 nitrogen and oxygen atoms in total. The van der Waals surface area contributed by atoms with Crippen molar-refractivity contribution in [3.8, 4) is 0 Å². The second-order valence-electron chi connectivity index (χ2n) is 9.08. The van der Waals surface area contributed by atoms with E-state index in [1.54, 1.807) is 24.5 Å². The van der Waals surface area contributed by atoms with Gasteiger partial charge in [0, 0.05) is 45.0 Å². The molecule has 1 aliphatic rings. The van der Waals surface area contributed by atoms with Crippen molar-refractivity contribution >= 4 is 23.3 Å². The van der Waals surface area contributed by atoms with Crippen molar-refractivity contribution in [2.24, 2.45) is 0 Å². The van der Waals surface area contributed by atoms with E-state index >= 15 is 0 Å². The smallest absolute Gasteiger partial charge is 0.304 e. The van der Waals surface area contributed by atoms with E-state index in [1.807, 2.05) is 49.0 Å². The molecule has 1 atom stereocenters. The predicted molar refractivity (Wildman–Crippen MR) is 141 cm³/mol. The Hall–Kier alpha value is -3.91. The molecule has 0 bridgehead atoms. The van der Waals surface area contributed by atoms with E-state index in [2.05, 4.69) is 22.5 Å². The summed E-state index contributed by atoms with van der Waals surface area (Å²) in [5.74, 6) is -1.29. The first-order valence-corrected chi connectivity index (χ1v) is 12.2. The van der Waals surface area contributed by atoms with E-state index in [1.165, 1.54) is 5.56 Å². The number of rotatable bonds is 8. The van der Waals surface area contributed by atoms with Crippen molar-refractivity contribution < 1.29 is 14.7 Å². The molecule has 8 heteroatoms. The number of fused-ring (bicyclic) bond motifs is 1. The maximum atomic E-state index is 13.0. The number of nitrogens with one attached hydrogen (secondary N) is 1. The van der Waals surface area contributed by atoms with E-state index in [9.17, 15) is 14.7 Å². The van der Waals surface area contributed by atoms with Gasteiger partial charge in [0.05, 0.1) is 23.4 Å². The number of benzene rings is 2. The van der Waals surface area contributed by atoms with Gasteiger partial charge in [-0.1, -0.05) is 24.3 Å². The molecule has 0 saturated heterocycles. The molecule has 36 heavy (non-hydrogen) atoms. The third kappa shape index (κ3) is 5.04. The monoisotopic (exact) mass is 487 g/mol. The number of nitrogens with zero attached hydrogens (tertiary/aromatic N) is 3. The van der Waals surface area contributed by atoms with Crippen LogP contribution >= 0.6 is 0 Å². The van der Waals surface area contributed by atoms with Gasteiger partial charge in [0.15, 0.2) is 0 Å². The average Bonchev–Trinajstić information content (AvgIpc) is 2.90. The summed E-state index contributed by atoms with van der Waals surface area (Å²) < 4.78 is 0. The molecule has 3 aromatic rings. The molecule has 0 aliphatic carbocycles. The van der Waals surface area contributed by atoms with Gasteiger partial charge in [-0.05, 0) is 66.3 Å². The Labute approximate surface area is 211 Å². The Morgan fingerprint density at radius 2 is 2.03 bits per heavy atom. The topological polar surface area (TPSA) is 112 Å². The first-order valence-electron chi connectivity index (χ1n) is 12.2. The van der Waals surface area contributed by atoms with Gasteiger partial charge in [-0.3, -0.25) is 14.6 Å². The minimum atomic E-state index is -0.876. The minimum Gasteiger partial charge on any atom is -0.481 e. The Bertz CT molecular complexity index is 1260. The lowest BCUT2D eigenvalue weighted by Crippen LogP contribution is -2.36. The first kappa shape index (κ1) is 25.2. The highest BCUT2D eigenvalue weighted by atomic mass is 16.4. The van der Waals surface area contributed by atoms with Crippen LogP contribution < -0.4 is 16.2 Å². The van der Waals surface area contributed by atoms with Crippen molar-refractivity contribution in [3.63, 3.8) is 0 Å². The fraction of sp³-hybridized carbons (Fsp3) is 0.321. The number of aromatic nitrogens is 1. The molecule has 2 aromatic carbocycles. The van der Waals surface area contributed by atoms with Crippen LogP contribution in [0.3, 0.4) is 0 Å². The van der Waals surface area contributed by atoms with E-state index in [0.29, 0.717) is 24.3 Å².